The minimum Gasteiger partial charge on any atom is -0.462 e. The van der Waals surface area contributed by atoms with Gasteiger partial charge < -0.3 is 14.3 Å². The Hall–Kier alpha value is -2.17. The van der Waals surface area contributed by atoms with Gasteiger partial charge in [0.05, 0.1) is 12.2 Å². The highest BCUT2D eigenvalue weighted by Gasteiger charge is 2.39. The highest BCUT2D eigenvalue weighted by atomic mass is 16.6. The molecule has 0 amide bonds. The molecule has 0 spiro atoms. The molecule has 1 unspecified atom stereocenters. The maximum Gasteiger partial charge on any atom is 0.321 e. The maximum absolute atomic E-state index is 12.5. The largest absolute Gasteiger partial charge is 0.462 e. The third-order valence-corrected chi connectivity index (χ3v) is 3.35. The predicted octanol–water partition coefficient (Wildman–Crippen LogP) is 3.27. The van der Waals surface area contributed by atoms with Crippen molar-refractivity contribution in [1.29, 1.82) is 0 Å². The maximum atomic E-state index is 12.5. The van der Waals surface area contributed by atoms with Gasteiger partial charge in [-0.1, -0.05) is 30.3 Å². The van der Waals surface area contributed by atoms with Crippen LogP contribution < -0.4 is 0 Å². The molecule has 1 aromatic carbocycles. The van der Waals surface area contributed by atoms with E-state index in [1.54, 1.807) is 52.0 Å². The van der Waals surface area contributed by atoms with Crippen LogP contribution in [-0.2, 0) is 23.9 Å². The first-order chi connectivity index (χ1) is 11.2. The van der Waals surface area contributed by atoms with Gasteiger partial charge in [-0.25, -0.2) is 0 Å². The van der Waals surface area contributed by atoms with Gasteiger partial charge in [-0.15, -0.1) is 0 Å². The zero-order valence-corrected chi connectivity index (χ0v) is 14.9. The van der Waals surface area contributed by atoms with E-state index in [9.17, 15) is 14.4 Å². The van der Waals surface area contributed by atoms with Crippen LogP contribution in [-0.4, -0.2) is 29.9 Å². The minimum atomic E-state index is -1.17. The highest BCUT2D eigenvalue weighted by molar-refractivity contribution is 5.97. The quantitative estimate of drug-likeness (QED) is 0.539. The lowest BCUT2D eigenvalue weighted by atomic mass is 9.82. The van der Waals surface area contributed by atoms with Gasteiger partial charge in [0, 0.05) is 12.3 Å². The van der Waals surface area contributed by atoms with Gasteiger partial charge in [-0.2, -0.15) is 0 Å². The molecule has 0 bridgehead atoms. The number of ether oxygens (including phenoxy) is 2. The fraction of sp³-hybridized carbons (Fsp3) is 0.526. The standard InChI is InChI=1S/C19H26O5/c1-12(2)23-18(21)17(19(22)24-13(3)4)16(11-14(5)20)15-9-7-6-8-10-15/h6-10,12-13,16-17H,11H2,1-5H3. The number of hydrogen-bond acceptors (Lipinski definition) is 5. The Morgan fingerprint density at radius 3 is 1.71 bits per heavy atom. The van der Waals surface area contributed by atoms with E-state index >= 15 is 0 Å². The van der Waals surface area contributed by atoms with E-state index < -0.39 is 23.8 Å². The second-order valence-electron chi connectivity index (χ2n) is 6.37. The third kappa shape index (κ3) is 6.14. The van der Waals surface area contributed by atoms with Gasteiger partial charge in [-0.3, -0.25) is 9.59 Å². The molecule has 0 aliphatic heterocycles. The average Bonchev–Trinajstić information content (AvgIpc) is 2.45. The van der Waals surface area contributed by atoms with Crippen molar-refractivity contribution < 1.29 is 23.9 Å². The fourth-order valence-electron chi connectivity index (χ4n) is 2.47. The lowest BCUT2D eigenvalue weighted by molar-refractivity contribution is -0.167. The lowest BCUT2D eigenvalue weighted by Gasteiger charge is -2.25. The number of Topliss-reactive ketones (excluding diaryl/α,β-unsaturated/α-hetero) is 1. The number of rotatable bonds is 8. The molecule has 132 valence electrons. The first-order valence-electron chi connectivity index (χ1n) is 8.17. The Labute approximate surface area is 143 Å². The number of hydrogen-bond donors (Lipinski definition) is 0. The first kappa shape index (κ1) is 19.9. The predicted molar refractivity (Wildman–Crippen MR) is 90.4 cm³/mol. The zero-order chi connectivity index (χ0) is 18.3. The molecule has 0 heterocycles. The second-order valence-corrected chi connectivity index (χ2v) is 6.37. The van der Waals surface area contributed by atoms with Crippen LogP contribution in [0, 0.1) is 5.92 Å². The number of carbonyl (C=O) groups is 3. The Morgan fingerprint density at radius 2 is 1.33 bits per heavy atom. The van der Waals surface area contributed by atoms with Crippen LogP contribution >= 0.6 is 0 Å². The Bertz CT molecular complexity index is 540. The Kier molecular flexibility index (Phi) is 7.62. The molecule has 1 rings (SSSR count). The highest BCUT2D eigenvalue weighted by Crippen LogP contribution is 2.31. The minimum absolute atomic E-state index is 0.0646. The molecule has 0 aliphatic carbocycles. The summed E-state index contributed by atoms with van der Waals surface area (Å²) in [7, 11) is 0. The normalized spacial score (nSPS) is 12.3. The van der Waals surface area contributed by atoms with Crippen molar-refractivity contribution >= 4 is 17.7 Å². The van der Waals surface area contributed by atoms with Crippen molar-refractivity contribution in [2.24, 2.45) is 5.92 Å². The Balaban J connectivity index is 3.25. The van der Waals surface area contributed by atoms with E-state index in [0.717, 1.165) is 5.56 Å². The Morgan fingerprint density at radius 1 is 0.875 bits per heavy atom. The van der Waals surface area contributed by atoms with Crippen LogP contribution in [0.3, 0.4) is 0 Å². The zero-order valence-electron chi connectivity index (χ0n) is 14.9. The second kappa shape index (κ2) is 9.21. The summed E-state index contributed by atoms with van der Waals surface area (Å²) < 4.78 is 10.5. The van der Waals surface area contributed by atoms with Crippen LogP contribution in [0.15, 0.2) is 30.3 Å². The molecule has 1 atom stereocenters. The molecule has 1 aromatic rings. The lowest BCUT2D eigenvalue weighted by Crippen LogP contribution is -2.36. The van der Waals surface area contributed by atoms with E-state index in [1.807, 2.05) is 6.07 Å². The molecule has 0 N–H and O–H groups in total. The first-order valence-corrected chi connectivity index (χ1v) is 8.17. The van der Waals surface area contributed by atoms with Crippen LogP contribution in [0.2, 0.25) is 0 Å². The van der Waals surface area contributed by atoms with Crippen LogP contribution in [0.5, 0.6) is 0 Å². The number of benzene rings is 1. The van der Waals surface area contributed by atoms with Crippen LogP contribution in [0.1, 0.15) is 52.5 Å². The number of carbonyl (C=O) groups excluding carboxylic acids is 3. The van der Waals surface area contributed by atoms with Gasteiger partial charge in [0.25, 0.3) is 0 Å². The summed E-state index contributed by atoms with van der Waals surface area (Å²) in [6.45, 7) is 8.29. The summed E-state index contributed by atoms with van der Waals surface area (Å²) in [6, 6.07) is 9.04. The molecular formula is C19H26O5. The van der Waals surface area contributed by atoms with E-state index in [-0.39, 0.29) is 24.4 Å². The molecule has 0 saturated carbocycles. The average molecular weight is 334 g/mol. The topological polar surface area (TPSA) is 69.7 Å². The molecule has 0 aliphatic rings. The molecule has 0 radical (unpaired) electrons. The van der Waals surface area contributed by atoms with E-state index in [1.165, 1.54) is 6.92 Å². The molecule has 0 aromatic heterocycles. The van der Waals surface area contributed by atoms with Crippen molar-refractivity contribution in [2.75, 3.05) is 0 Å². The van der Waals surface area contributed by atoms with Crippen LogP contribution in [0.4, 0.5) is 0 Å². The summed E-state index contributed by atoms with van der Waals surface area (Å²) in [5.74, 6) is -3.21. The number of ketones is 1. The smallest absolute Gasteiger partial charge is 0.321 e. The van der Waals surface area contributed by atoms with Gasteiger partial charge in [0.1, 0.15) is 5.78 Å². The van der Waals surface area contributed by atoms with E-state index in [4.69, 9.17) is 9.47 Å². The summed E-state index contributed by atoms with van der Waals surface area (Å²) in [6.07, 6.45) is -0.657. The molecule has 5 nitrogen and oxygen atoms in total. The van der Waals surface area contributed by atoms with Crippen molar-refractivity contribution in [3.8, 4) is 0 Å². The molecular weight excluding hydrogens is 308 g/mol. The van der Waals surface area contributed by atoms with Crippen molar-refractivity contribution in [3.05, 3.63) is 35.9 Å². The van der Waals surface area contributed by atoms with Crippen molar-refractivity contribution in [1.82, 2.24) is 0 Å². The van der Waals surface area contributed by atoms with Gasteiger partial charge >= 0.3 is 11.9 Å². The van der Waals surface area contributed by atoms with Gasteiger partial charge in [-0.05, 0) is 40.2 Å². The third-order valence-electron chi connectivity index (χ3n) is 3.35. The van der Waals surface area contributed by atoms with Gasteiger partial charge in [0.2, 0.25) is 0 Å². The van der Waals surface area contributed by atoms with Crippen molar-refractivity contribution in [2.45, 2.75) is 59.2 Å². The summed E-state index contributed by atoms with van der Waals surface area (Å²) >= 11 is 0. The number of esters is 2. The molecule has 24 heavy (non-hydrogen) atoms. The summed E-state index contributed by atoms with van der Waals surface area (Å²) in [4.78, 5) is 36.8. The van der Waals surface area contributed by atoms with Crippen LogP contribution in [0.25, 0.3) is 0 Å². The molecule has 0 saturated heterocycles. The molecule has 0 fully saturated rings. The van der Waals surface area contributed by atoms with Crippen molar-refractivity contribution in [3.63, 3.8) is 0 Å². The van der Waals surface area contributed by atoms with E-state index in [2.05, 4.69) is 0 Å². The SMILES string of the molecule is CC(=O)CC(c1ccccc1)C(C(=O)OC(C)C)C(=O)OC(C)C. The summed E-state index contributed by atoms with van der Waals surface area (Å²) in [5.41, 5.74) is 0.735. The monoisotopic (exact) mass is 334 g/mol. The molecule has 5 heteroatoms. The van der Waals surface area contributed by atoms with Gasteiger partial charge in [0.15, 0.2) is 5.92 Å². The summed E-state index contributed by atoms with van der Waals surface area (Å²) in [5, 5.41) is 0. The fourth-order valence-corrected chi connectivity index (χ4v) is 2.47. The van der Waals surface area contributed by atoms with E-state index in [0.29, 0.717) is 0 Å².